The molecule has 0 saturated heterocycles. The first-order chi connectivity index (χ1) is 16.2. The van der Waals surface area contributed by atoms with Crippen molar-refractivity contribution in [1.29, 1.82) is 0 Å². The molecular formula is C27H27NO5S. The molecule has 176 valence electrons. The number of ether oxygens (including phenoxy) is 1. The Bertz CT molecular complexity index is 1480. The van der Waals surface area contributed by atoms with Gasteiger partial charge in [0.05, 0.1) is 17.0 Å². The van der Waals surface area contributed by atoms with Gasteiger partial charge in [-0.05, 0) is 73.7 Å². The lowest BCUT2D eigenvalue weighted by atomic mass is 10.0. The summed E-state index contributed by atoms with van der Waals surface area (Å²) < 4.78 is 34.8. The van der Waals surface area contributed by atoms with Crippen molar-refractivity contribution in [1.82, 2.24) is 3.97 Å². The minimum atomic E-state index is -3.98. The average molecular weight is 478 g/mol. The number of hydrogen-bond acceptors (Lipinski definition) is 4. The quantitative estimate of drug-likeness (QED) is 0.358. The van der Waals surface area contributed by atoms with Crippen LogP contribution in [0.3, 0.4) is 0 Å². The molecule has 1 N–H and O–H groups in total. The summed E-state index contributed by atoms with van der Waals surface area (Å²) in [5.41, 5.74) is 4.78. The lowest BCUT2D eigenvalue weighted by Crippen LogP contribution is -2.13. The van der Waals surface area contributed by atoms with E-state index in [4.69, 9.17) is 4.74 Å². The minimum absolute atomic E-state index is 0.0999. The van der Waals surface area contributed by atoms with E-state index in [1.54, 1.807) is 36.4 Å². The van der Waals surface area contributed by atoms with E-state index in [2.05, 4.69) is 0 Å². The van der Waals surface area contributed by atoms with Crippen LogP contribution in [-0.2, 0) is 21.2 Å². The Morgan fingerprint density at radius 1 is 1.00 bits per heavy atom. The van der Waals surface area contributed by atoms with Gasteiger partial charge in [0.25, 0.3) is 10.0 Å². The smallest absolute Gasteiger partial charge is 0.303 e. The first kappa shape index (κ1) is 23.6. The fourth-order valence-corrected chi connectivity index (χ4v) is 5.70. The highest BCUT2D eigenvalue weighted by atomic mass is 32.2. The van der Waals surface area contributed by atoms with Crippen LogP contribution in [-0.4, -0.2) is 30.1 Å². The van der Waals surface area contributed by atoms with Crippen LogP contribution in [0.1, 0.15) is 30.0 Å². The Kier molecular flexibility index (Phi) is 6.48. The largest absolute Gasteiger partial charge is 0.494 e. The minimum Gasteiger partial charge on any atom is -0.494 e. The summed E-state index contributed by atoms with van der Waals surface area (Å²) in [7, 11) is -3.98. The molecule has 0 amide bonds. The number of aliphatic carboxylic acids is 1. The predicted octanol–water partition coefficient (Wildman–Crippen LogP) is 5.58. The second-order valence-electron chi connectivity index (χ2n) is 8.26. The first-order valence-electron chi connectivity index (χ1n) is 11.1. The number of aryl methyl sites for hydroxylation is 3. The van der Waals surface area contributed by atoms with Crippen LogP contribution in [0.15, 0.2) is 71.8 Å². The van der Waals surface area contributed by atoms with Gasteiger partial charge in [-0.3, -0.25) is 4.79 Å². The maximum atomic E-state index is 14.0. The maximum absolute atomic E-state index is 14.0. The van der Waals surface area contributed by atoms with Crippen LogP contribution in [0.25, 0.3) is 22.0 Å². The number of nitrogens with zero attached hydrogens (tertiary/aromatic N) is 1. The molecule has 7 heteroatoms. The Hall–Kier alpha value is -3.58. The van der Waals surface area contributed by atoms with Crippen molar-refractivity contribution in [3.8, 4) is 16.9 Å². The van der Waals surface area contributed by atoms with Gasteiger partial charge in [-0.1, -0.05) is 36.4 Å². The summed E-state index contributed by atoms with van der Waals surface area (Å²) in [6.07, 6.45) is 1.65. The first-order valence-corrected chi connectivity index (χ1v) is 12.6. The number of hydrogen-bond donors (Lipinski definition) is 1. The van der Waals surface area contributed by atoms with E-state index in [1.807, 2.05) is 45.0 Å². The summed E-state index contributed by atoms with van der Waals surface area (Å²) in [6.45, 7) is 6.36. The van der Waals surface area contributed by atoms with Crippen molar-refractivity contribution in [3.05, 3.63) is 83.6 Å². The number of rotatable bonds is 8. The molecule has 0 aliphatic carbocycles. The summed E-state index contributed by atoms with van der Waals surface area (Å²) in [4.78, 5) is 11.4. The van der Waals surface area contributed by atoms with Crippen molar-refractivity contribution in [2.24, 2.45) is 0 Å². The van der Waals surface area contributed by atoms with Crippen molar-refractivity contribution in [2.45, 2.75) is 38.5 Å². The van der Waals surface area contributed by atoms with Gasteiger partial charge in [-0.25, -0.2) is 12.4 Å². The van der Waals surface area contributed by atoms with Crippen LogP contribution in [0.4, 0.5) is 0 Å². The SMILES string of the molecule is CCOc1ccc2c(c1)c(CCC(=O)O)cn2S(=O)(=O)c1ccccc1-c1ccc(C)c(C)c1. The number of aromatic nitrogens is 1. The van der Waals surface area contributed by atoms with Crippen LogP contribution < -0.4 is 4.74 Å². The van der Waals surface area contributed by atoms with Gasteiger partial charge in [0.1, 0.15) is 5.75 Å². The van der Waals surface area contributed by atoms with Crippen LogP contribution in [0, 0.1) is 13.8 Å². The number of fused-ring (bicyclic) bond motifs is 1. The Balaban J connectivity index is 1.91. The molecule has 0 aliphatic rings. The van der Waals surface area contributed by atoms with E-state index < -0.39 is 16.0 Å². The molecule has 0 fully saturated rings. The van der Waals surface area contributed by atoms with Crippen molar-refractivity contribution >= 4 is 26.9 Å². The molecule has 0 spiro atoms. The summed E-state index contributed by atoms with van der Waals surface area (Å²) in [5, 5.41) is 9.85. The Morgan fingerprint density at radius 3 is 2.47 bits per heavy atom. The van der Waals surface area contributed by atoms with E-state index in [-0.39, 0.29) is 17.7 Å². The monoisotopic (exact) mass is 477 g/mol. The van der Waals surface area contributed by atoms with E-state index in [9.17, 15) is 18.3 Å². The van der Waals surface area contributed by atoms with Gasteiger partial charge in [-0.2, -0.15) is 0 Å². The van der Waals surface area contributed by atoms with Gasteiger partial charge >= 0.3 is 5.97 Å². The molecule has 4 aromatic rings. The third kappa shape index (κ3) is 4.43. The van der Waals surface area contributed by atoms with Gasteiger partial charge < -0.3 is 9.84 Å². The normalized spacial score (nSPS) is 11.6. The van der Waals surface area contributed by atoms with Gasteiger partial charge in [0.15, 0.2) is 0 Å². The van der Waals surface area contributed by atoms with Crippen LogP contribution in [0.2, 0.25) is 0 Å². The molecule has 0 bridgehead atoms. The van der Waals surface area contributed by atoms with E-state index in [1.165, 1.54) is 10.2 Å². The average Bonchev–Trinajstić information content (AvgIpc) is 3.18. The third-order valence-electron chi connectivity index (χ3n) is 5.99. The Morgan fingerprint density at radius 2 is 1.76 bits per heavy atom. The van der Waals surface area contributed by atoms with E-state index >= 15 is 0 Å². The van der Waals surface area contributed by atoms with Crippen molar-refractivity contribution < 1.29 is 23.1 Å². The lowest BCUT2D eigenvalue weighted by Gasteiger charge is -2.14. The van der Waals surface area contributed by atoms with Crippen LogP contribution in [0.5, 0.6) is 5.75 Å². The van der Waals surface area contributed by atoms with Crippen molar-refractivity contribution in [2.75, 3.05) is 6.61 Å². The zero-order valence-corrected chi connectivity index (χ0v) is 20.2. The van der Waals surface area contributed by atoms with Gasteiger partial charge in [0.2, 0.25) is 0 Å². The molecule has 0 saturated carbocycles. The fourth-order valence-electron chi connectivity index (χ4n) is 4.09. The van der Waals surface area contributed by atoms with Gasteiger partial charge in [0, 0.05) is 23.6 Å². The highest BCUT2D eigenvalue weighted by molar-refractivity contribution is 7.90. The molecular weight excluding hydrogens is 450 g/mol. The molecule has 0 unspecified atom stereocenters. The predicted molar refractivity (Wildman–Crippen MR) is 133 cm³/mol. The molecule has 3 aromatic carbocycles. The van der Waals surface area contributed by atoms with Crippen LogP contribution >= 0.6 is 0 Å². The Labute approximate surface area is 199 Å². The highest BCUT2D eigenvalue weighted by Gasteiger charge is 2.25. The highest BCUT2D eigenvalue weighted by Crippen LogP contribution is 2.34. The second kappa shape index (κ2) is 9.35. The number of carbonyl (C=O) groups is 1. The molecule has 4 rings (SSSR count). The standard InChI is InChI=1S/C27H27NO5S/c1-4-33-22-12-13-25-24(16-22)21(11-14-27(29)30)17-28(25)34(31,32)26-8-6-5-7-23(26)20-10-9-18(2)19(3)15-20/h5-10,12-13,15-17H,4,11,14H2,1-3H3,(H,29,30). The fraction of sp³-hybridized carbons (Fsp3) is 0.222. The molecule has 0 radical (unpaired) electrons. The molecule has 0 atom stereocenters. The summed E-state index contributed by atoms with van der Waals surface area (Å²) >= 11 is 0. The zero-order chi connectivity index (χ0) is 24.5. The number of carboxylic acids is 1. The zero-order valence-electron chi connectivity index (χ0n) is 19.4. The van der Waals surface area contributed by atoms with E-state index in [0.717, 1.165) is 16.7 Å². The molecule has 6 nitrogen and oxygen atoms in total. The summed E-state index contributed by atoms with van der Waals surface area (Å²) in [6, 6.07) is 18.1. The number of benzene rings is 3. The van der Waals surface area contributed by atoms with Gasteiger partial charge in [-0.15, -0.1) is 0 Å². The summed E-state index contributed by atoms with van der Waals surface area (Å²) in [5.74, 6) is -0.331. The third-order valence-corrected chi connectivity index (χ3v) is 7.72. The maximum Gasteiger partial charge on any atom is 0.303 e. The topological polar surface area (TPSA) is 85.6 Å². The second-order valence-corrected chi connectivity index (χ2v) is 10.0. The molecule has 1 aromatic heterocycles. The lowest BCUT2D eigenvalue weighted by molar-refractivity contribution is -0.136. The van der Waals surface area contributed by atoms with E-state index in [0.29, 0.717) is 34.4 Å². The number of carboxylic acid groups (broad SMARTS) is 1. The molecule has 34 heavy (non-hydrogen) atoms. The molecule has 1 heterocycles. The van der Waals surface area contributed by atoms with Crippen molar-refractivity contribution in [3.63, 3.8) is 0 Å². The molecule has 0 aliphatic heterocycles.